The minimum atomic E-state index is -4.38. The minimum absolute atomic E-state index is 0. The lowest BCUT2D eigenvalue weighted by Crippen LogP contribution is -2.50. The number of nitrogens with one attached hydrogen (secondary N) is 1. The van der Waals surface area contributed by atoms with E-state index in [1.165, 1.54) is 0 Å². The molecule has 0 bridgehead atoms. The predicted octanol–water partition coefficient (Wildman–Crippen LogP) is 3.68. The smallest absolute Gasteiger partial charge is 0.350 e. The van der Waals surface area contributed by atoms with Crippen LogP contribution >= 0.6 is 47.1 Å². The second-order valence-corrected chi connectivity index (χ2v) is 8.30. The third-order valence-electron chi connectivity index (χ3n) is 3.18. The lowest BCUT2D eigenvalue weighted by molar-refractivity contribution is -0.140. The summed E-state index contributed by atoms with van der Waals surface area (Å²) in [7, 11) is 1.68. The maximum absolute atomic E-state index is 12.5. The number of rotatable bonds is 2. The molecule has 1 fully saturated rings. The molecule has 0 spiro atoms. The molecular formula is C13H20F3IN4S2. The number of thiazole rings is 1. The third-order valence-corrected chi connectivity index (χ3v) is 5.32. The van der Waals surface area contributed by atoms with Crippen molar-refractivity contribution >= 4 is 53.0 Å². The molecule has 0 amide bonds. The van der Waals surface area contributed by atoms with Gasteiger partial charge in [-0.15, -0.1) is 35.3 Å². The summed E-state index contributed by atoms with van der Waals surface area (Å²) in [6.07, 6.45) is -4.38. The molecule has 1 aromatic rings. The molecular weight excluding hydrogens is 460 g/mol. The van der Waals surface area contributed by atoms with Gasteiger partial charge in [0.05, 0.1) is 6.54 Å². The number of hydrogen-bond donors (Lipinski definition) is 1. The summed E-state index contributed by atoms with van der Waals surface area (Å²) in [5.41, 5.74) is -0.834. The Bertz CT molecular complexity index is 546. The number of thioether (sulfide) groups is 1. The average Bonchev–Trinajstić information content (AvgIpc) is 2.87. The van der Waals surface area contributed by atoms with Gasteiger partial charge in [0, 0.05) is 36.0 Å². The first-order valence-corrected chi connectivity index (χ1v) is 8.69. The van der Waals surface area contributed by atoms with Crippen LogP contribution < -0.4 is 5.32 Å². The van der Waals surface area contributed by atoms with Gasteiger partial charge in [-0.25, -0.2) is 4.98 Å². The van der Waals surface area contributed by atoms with Crippen molar-refractivity contribution in [2.75, 3.05) is 25.9 Å². The summed E-state index contributed by atoms with van der Waals surface area (Å²) in [5.74, 6) is 1.71. The van der Waals surface area contributed by atoms with E-state index < -0.39 is 11.9 Å². The van der Waals surface area contributed by atoms with E-state index in [2.05, 4.69) is 34.0 Å². The van der Waals surface area contributed by atoms with Gasteiger partial charge in [0.1, 0.15) is 5.01 Å². The molecule has 1 saturated heterocycles. The monoisotopic (exact) mass is 480 g/mol. The Morgan fingerprint density at radius 2 is 2.17 bits per heavy atom. The minimum Gasteiger partial charge on any atom is -0.350 e. The van der Waals surface area contributed by atoms with Crippen molar-refractivity contribution in [2.45, 2.75) is 31.3 Å². The van der Waals surface area contributed by atoms with Crippen LogP contribution in [-0.2, 0) is 12.7 Å². The maximum Gasteiger partial charge on any atom is 0.434 e. The molecule has 1 aliphatic rings. The molecule has 1 aromatic heterocycles. The molecule has 0 unspecified atom stereocenters. The van der Waals surface area contributed by atoms with Crippen molar-refractivity contribution < 1.29 is 13.2 Å². The van der Waals surface area contributed by atoms with Crippen LogP contribution in [0.2, 0.25) is 0 Å². The van der Waals surface area contributed by atoms with Gasteiger partial charge in [0.2, 0.25) is 0 Å². The highest BCUT2D eigenvalue weighted by molar-refractivity contribution is 14.0. The molecule has 10 heteroatoms. The van der Waals surface area contributed by atoms with Crippen LogP contribution in [-0.4, -0.2) is 46.5 Å². The number of aromatic nitrogens is 1. The number of halogens is 4. The van der Waals surface area contributed by atoms with E-state index in [1.807, 2.05) is 11.8 Å². The Morgan fingerprint density at radius 1 is 1.48 bits per heavy atom. The van der Waals surface area contributed by atoms with Crippen LogP contribution in [0.25, 0.3) is 0 Å². The number of alkyl halides is 3. The van der Waals surface area contributed by atoms with E-state index >= 15 is 0 Å². The molecule has 1 aliphatic heterocycles. The largest absolute Gasteiger partial charge is 0.434 e. The molecule has 132 valence electrons. The number of aliphatic imine (C=N–C) groups is 1. The molecule has 2 rings (SSSR count). The Morgan fingerprint density at radius 3 is 2.70 bits per heavy atom. The SMILES string of the molecule is CN=C(NCc1nc(C(F)(F)F)cs1)N1CCSC(C)(C)C1.I. The summed E-state index contributed by atoms with van der Waals surface area (Å²) >= 11 is 2.92. The van der Waals surface area contributed by atoms with E-state index in [9.17, 15) is 13.2 Å². The van der Waals surface area contributed by atoms with Gasteiger partial charge < -0.3 is 10.2 Å². The van der Waals surface area contributed by atoms with Gasteiger partial charge in [-0.2, -0.15) is 24.9 Å². The normalized spacial score (nSPS) is 18.5. The molecule has 0 radical (unpaired) electrons. The van der Waals surface area contributed by atoms with Crippen LogP contribution in [0, 0.1) is 0 Å². The van der Waals surface area contributed by atoms with Crippen molar-refractivity contribution in [1.82, 2.24) is 15.2 Å². The molecule has 0 saturated carbocycles. The first-order chi connectivity index (χ1) is 10.2. The van der Waals surface area contributed by atoms with E-state index in [-0.39, 0.29) is 35.3 Å². The van der Waals surface area contributed by atoms with Crippen LogP contribution in [0.15, 0.2) is 10.4 Å². The second-order valence-electron chi connectivity index (χ2n) is 5.55. The van der Waals surface area contributed by atoms with Crippen LogP contribution in [0.1, 0.15) is 24.5 Å². The van der Waals surface area contributed by atoms with Crippen LogP contribution in [0.3, 0.4) is 0 Å². The molecule has 0 aliphatic carbocycles. The third kappa shape index (κ3) is 5.96. The van der Waals surface area contributed by atoms with Crippen molar-refractivity contribution in [2.24, 2.45) is 4.99 Å². The van der Waals surface area contributed by atoms with Crippen LogP contribution in [0.4, 0.5) is 13.2 Å². The van der Waals surface area contributed by atoms with Gasteiger partial charge in [-0.05, 0) is 13.8 Å². The summed E-state index contributed by atoms with van der Waals surface area (Å²) in [6.45, 7) is 6.32. The van der Waals surface area contributed by atoms with Gasteiger partial charge in [0.25, 0.3) is 0 Å². The summed E-state index contributed by atoms with van der Waals surface area (Å²) in [5, 5.41) is 4.55. The topological polar surface area (TPSA) is 40.5 Å². The number of nitrogens with zero attached hydrogens (tertiary/aromatic N) is 3. The molecule has 1 N–H and O–H groups in total. The zero-order chi connectivity index (χ0) is 16.4. The zero-order valence-electron chi connectivity index (χ0n) is 13.1. The van der Waals surface area contributed by atoms with E-state index in [4.69, 9.17) is 0 Å². The molecule has 2 heterocycles. The fourth-order valence-electron chi connectivity index (χ4n) is 2.21. The van der Waals surface area contributed by atoms with Crippen molar-refractivity contribution in [1.29, 1.82) is 0 Å². The summed E-state index contributed by atoms with van der Waals surface area (Å²) < 4.78 is 37.7. The Kier molecular flexibility index (Phi) is 7.45. The average molecular weight is 480 g/mol. The molecule has 0 aromatic carbocycles. The molecule has 4 nitrogen and oxygen atoms in total. The lowest BCUT2D eigenvalue weighted by Gasteiger charge is -2.39. The first-order valence-electron chi connectivity index (χ1n) is 6.82. The molecule has 23 heavy (non-hydrogen) atoms. The second kappa shape index (κ2) is 8.24. The first kappa shape index (κ1) is 20.8. The molecule has 0 atom stereocenters. The van der Waals surface area contributed by atoms with E-state index in [0.717, 1.165) is 35.6 Å². The zero-order valence-corrected chi connectivity index (χ0v) is 17.1. The van der Waals surface area contributed by atoms with Crippen molar-refractivity contribution in [3.05, 3.63) is 16.1 Å². The Hall–Kier alpha value is -0.230. The van der Waals surface area contributed by atoms with E-state index in [0.29, 0.717) is 11.0 Å². The Labute approximate surface area is 159 Å². The maximum atomic E-state index is 12.5. The standard InChI is InChI=1S/C13H19F3N4S2.HI/c1-12(2)8-20(4-5-22-12)11(17-3)18-6-10-19-9(7-21-10)13(14,15)16;/h7H,4-6,8H2,1-3H3,(H,17,18);1H. The van der Waals surface area contributed by atoms with Crippen LogP contribution in [0.5, 0.6) is 0 Å². The fourth-order valence-corrected chi connectivity index (χ4v) is 4.06. The summed E-state index contributed by atoms with van der Waals surface area (Å²) in [6, 6.07) is 0. The van der Waals surface area contributed by atoms with Gasteiger partial charge in [-0.1, -0.05) is 0 Å². The lowest BCUT2D eigenvalue weighted by atomic mass is 10.2. The highest BCUT2D eigenvalue weighted by atomic mass is 127. The quantitative estimate of drug-likeness (QED) is 0.399. The Balaban J connectivity index is 0.00000264. The number of guanidine groups is 1. The van der Waals surface area contributed by atoms with Crippen molar-refractivity contribution in [3.63, 3.8) is 0 Å². The van der Waals surface area contributed by atoms with Gasteiger partial charge >= 0.3 is 6.18 Å². The van der Waals surface area contributed by atoms with Gasteiger partial charge in [0.15, 0.2) is 11.7 Å². The highest BCUT2D eigenvalue weighted by Gasteiger charge is 2.34. The highest BCUT2D eigenvalue weighted by Crippen LogP contribution is 2.30. The van der Waals surface area contributed by atoms with E-state index in [1.54, 1.807) is 7.05 Å². The van der Waals surface area contributed by atoms with Gasteiger partial charge in [-0.3, -0.25) is 4.99 Å². The number of hydrogen-bond acceptors (Lipinski definition) is 4. The predicted molar refractivity (Wildman–Crippen MR) is 101 cm³/mol. The fraction of sp³-hybridized carbons (Fsp3) is 0.692. The van der Waals surface area contributed by atoms with Crippen molar-refractivity contribution in [3.8, 4) is 0 Å². The summed E-state index contributed by atoms with van der Waals surface area (Å²) in [4.78, 5) is 9.97.